The third-order valence-electron chi connectivity index (χ3n) is 2.16. The number of aryl methyl sites for hydroxylation is 1. The highest BCUT2D eigenvalue weighted by Crippen LogP contribution is 2.25. The number of nitro benzene ring substituents is 1. The van der Waals surface area contributed by atoms with Crippen LogP contribution in [0, 0.1) is 22.9 Å². The van der Waals surface area contributed by atoms with Gasteiger partial charge in [-0.05, 0) is 6.07 Å². The van der Waals surface area contributed by atoms with Gasteiger partial charge in [0, 0.05) is 19.1 Å². The van der Waals surface area contributed by atoms with E-state index < -0.39 is 10.7 Å². The highest BCUT2D eigenvalue weighted by molar-refractivity contribution is 5.61. The molecule has 0 radical (unpaired) electrons. The van der Waals surface area contributed by atoms with Crippen molar-refractivity contribution in [1.82, 2.24) is 10.1 Å². The molecule has 0 saturated carbocycles. The molecule has 0 aliphatic rings. The van der Waals surface area contributed by atoms with Gasteiger partial charge in [-0.3, -0.25) is 10.1 Å². The number of anilines is 1. The third kappa shape index (κ3) is 2.59. The van der Waals surface area contributed by atoms with Crippen LogP contribution in [0.1, 0.15) is 11.7 Å². The number of halogens is 1. The fraction of sp³-hybridized carbons (Fsp3) is 0.200. The molecule has 0 spiro atoms. The molecule has 1 aromatic carbocycles. The van der Waals surface area contributed by atoms with Gasteiger partial charge in [-0.15, -0.1) is 0 Å². The quantitative estimate of drug-likeness (QED) is 0.660. The van der Waals surface area contributed by atoms with Gasteiger partial charge in [-0.25, -0.2) is 4.39 Å². The zero-order chi connectivity index (χ0) is 13.1. The SMILES string of the molecule is Cc1nc(CNc2cc(F)ccc2[N+](=O)[O-])no1. The Bertz CT molecular complexity index is 584. The van der Waals surface area contributed by atoms with Gasteiger partial charge in [0.05, 0.1) is 11.5 Å². The summed E-state index contributed by atoms with van der Waals surface area (Å²) in [5.74, 6) is 0.166. The van der Waals surface area contributed by atoms with Crippen molar-refractivity contribution in [1.29, 1.82) is 0 Å². The van der Waals surface area contributed by atoms with Crippen LogP contribution in [0.5, 0.6) is 0 Å². The number of benzene rings is 1. The molecule has 0 aliphatic carbocycles. The second-order valence-corrected chi connectivity index (χ2v) is 3.50. The summed E-state index contributed by atoms with van der Waals surface area (Å²) in [4.78, 5) is 14.1. The van der Waals surface area contributed by atoms with E-state index in [0.29, 0.717) is 11.7 Å². The van der Waals surface area contributed by atoms with Gasteiger partial charge in [0.15, 0.2) is 5.82 Å². The Labute approximate surface area is 101 Å². The molecular weight excluding hydrogens is 243 g/mol. The van der Waals surface area contributed by atoms with Crippen molar-refractivity contribution in [3.05, 3.63) is 45.8 Å². The Morgan fingerprint density at radius 2 is 2.33 bits per heavy atom. The van der Waals surface area contributed by atoms with Gasteiger partial charge in [0.2, 0.25) is 5.89 Å². The summed E-state index contributed by atoms with van der Waals surface area (Å²) in [5, 5.41) is 17.1. The molecule has 1 aromatic heterocycles. The van der Waals surface area contributed by atoms with Crippen molar-refractivity contribution < 1.29 is 13.8 Å². The van der Waals surface area contributed by atoms with Crippen LogP contribution in [0.3, 0.4) is 0 Å². The molecule has 0 unspecified atom stereocenters. The van der Waals surface area contributed by atoms with Crippen LogP contribution in [0.4, 0.5) is 15.8 Å². The summed E-state index contributed by atoms with van der Waals surface area (Å²) >= 11 is 0. The van der Waals surface area contributed by atoms with E-state index in [2.05, 4.69) is 15.5 Å². The molecule has 2 aromatic rings. The second-order valence-electron chi connectivity index (χ2n) is 3.50. The minimum Gasteiger partial charge on any atom is -0.372 e. The lowest BCUT2D eigenvalue weighted by Crippen LogP contribution is -2.04. The van der Waals surface area contributed by atoms with Crippen LogP contribution in [-0.2, 0) is 6.54 Å². The predicted octanol–water partition coefficient (Wildman–Crippen LogP) is 2.04. The minimum absolute atomic E-state index is 0.0717. The number of aromatic nitrogens is 2. The van der Waals surface area contributed by atoms with Gasteiger partial charge in [0.1, 0.15) is 11.5 Å². The fourth-order valence-corrected chi connectivity index (χ4v) is 1.40. The van der Waals surface area contributed by atoms with Crippen molar-refractivity contribution in [3.63, 3.8) is 0 Å². The number of nitro groups is 1. The van der Waals surface area contributed by atoms with Gasteiger partial charge < -0.3 is 9.84 Å². The largest absolute Gasteiger partial charge is 0.372 e. The molecule has 18 heavy (non-hydrogen) atoms. The topological polar surface area (TPSA) is 94.1 Å². The van der Waals surface area contributed by atoms with E-state index in [1.54, 1.807) is 6.92 Å². The second kappa shape index (κ2) is 4.78. The Balaban J connectivity index is 2.17. The first-order valence-electron chi connectivity index (χ1n) is 5.03. The normalized spacial score (nSPS) is 10.3. The van der Waals surface area contributed by atoms with Crippen molar-refractivity contribution in [2.45, 2.75) is 13.5 Å². The smallest absolute Gasteiger partial charge is 0.292 e. The van der Waals surface area contributed by atoms with Crippen LogP contribution >= 0.6 is 0 Å². The van der Waals surface area contributed by atoms with E-state index >= 15 is 0 Å². The lowest BCUT2D eigenvalue weighted by Gasteiger charge is -2.04. The summed E-state index contributed by atoms with van der Waals surface area (Å²) < 4.78 is 17.8. The maximum Gasteiger partial charge on any atom is 0.292 e. The molecule has 0 saturated heterocycles. The molecule has 2 rings (SSSR count). The van der Waals surface area contributed by atoms with Crippen molar-refractivity contribution >= 4 is 11.4 Å². The van der Waals surface area contributed by atoms with E-state index in [0.717, 1.165) is 18.2 Å². The molecule has 0 amide bonds. The molecule has 94 valence electrons. The van der Waals surface area contributed by atoms with E-state index in [1.807, 2.05) is 0 Å². The third-order valence-corrected chi connectivity index (χ3v) is 2.16. The molecule has 0 aliphatic heterocycles. The van der Waals surface area contributed by atoms with Crippen molar-refractivity contribution in [3.8, 4) is 0 Å². The standard InChI is InChI=1S/C10H9FN4O3/c1-6-13-10(14-18-6)5-12-8-4-7(11)2-3-9(8)15(16)17/h2-4,12H,5H2,1H3. The predicted molar refractivity (Wildman–Crippen MR) is 59.4 cm³/mol. The average Bonchev–Trinajstić information content (AvgIpc) is 2.72. The van der Waals surface area contributed by atoms with Crippen LogP contribution in [-0.4, -0.2) is 15.1 Å². The van der Waals surface area contributed by atoms with Gasteiger partial charge >= 0.3 is 0 Å². The van der Waals surface area contributed by atoms with E-state index in [9.17, 15) is 14.5 Å². The Morgan fingerprint density at radius 3 is 2.94 bits per heavy atom. The Kier molecular flexibility index (Phi) is 3.18. The molecule has 1 N–H and O–H groups in total. The number of nitrogens with one attached hydrogen (secondary N) is 1. The maximum absolute atomic E-state index is 13.0. The van der Waals surface area contributed by atoms with E-state index in [4.69, 9.17) is 4.52 Å². The average molecular weight is 252 g/mol. The van der Waals surface area contributed by atoms with Crippen LogP contribution in [0.2, 0.25) is 0 Å². The highest BCUT2D eigenvalue weighted by atomic mass is 19.1. The van der Waals surface area contributed by atoms with E-state index in [1.165, 1.54) is 0 Å². The lowest BCUT2D eigenvalue weighted by molar-refractivity contribution is -0.384. The fourth-order valence-electron chi connectivity index (χ4n) is 1.40. The summed E-state index contributed by atoms with van der Waals surface area (Å²) in [6.45, 7) is 1.74. The number of hydrogen-bond acceptors (Lipinski definition) is 6. The van der Waals surface area contributed by atoms with Gasteiger partial charge in [-0.2, -0.15) is 4.98 Å². The first-order valence-corrected chi connectivity index (χ1v) is 5.03. The van der Waals surface area contributed by atoms with Crippen LogP contribution in [0.25, 0.3) is 0 Å². The van der Waals surface area contributed by atoms with Crippen LogP contribution < -0.4 is 5.32 Å². The number of nitrogens with zero attached hydrogens (tertiary/aromatic N) is 3. The number of hydrogen-bond donors (Lipinski definition) is 1. The lowest BCUT2D eigenvalue weighted by atomic mass is 10.2. The minimum atomic E-state index is -0.594. The van der Waals surface area contributed by atoms with Gasteiger partial charge in [-0.1, -0.05) is 5.16 Å². The zero-order valence-corrected chi connectivity index (χ0v) is 9.38. The first kappa shape index (κ1) is 12.0. The first-order chi connectivity index (χ1) is 8.56. The Hall–Kier alpha value is -2.51. The molecule has 0 fully saturated rings. The summed E-state index contributed by atoms with van der Waals surface area (Å²) in [6.07, 6.45) is 0. The molecular formula is C10H9FN4O3. The monoisotopic (exact) mass is 252 g/mol. The molecule has 7 nitrogen and oxygen atoms in total. The molecule has 8 heteroatoms. The molecule has 1 heterocycles. The van der Waals surface area contributed by atoms with Crippen LogP contribution in [0.15, 0.2) is 22.7 Å². The summed E-state index contributed by atoms with van der Waals surface area (Å²) in [5.41, 5.74) is -0.140. The zero-order valence-electron chi connectivity index (χ0n) is 9.38. The van der Waals surface area contributed by atoms with Crippen molar-refractivity contribution in [2.75, 3.05) is 5.32 Å². The van der Waals surface area contributed by atoms with E-state index in [-0.39, 0.29) is 17.9 Å². The summed E-state index contributed by atoms with van der Waals surface area (Å²) in [6, 6.07) is 3.17. The highest BCUT2D eigenvalue weighted by Gasteiger charge is 2.14. The molecule has 0 bridgehead atoms. The van der Waals surface area contributed by atoms with Crippen molar-refractivity contribution in [2.24, 2.45) is 0 Å². The Morgan fingerprint density at radius 1 is 1.56 bits per heavy atom. The molecule has 0 atom stereocenters. The number of rotatable bonds is 4. The summed E-state index contributed by atoms with van der Waals surface area (Å²) in [7, 11) is 0. The van der Waals surface area contributed by atoms with Gasteiger partial charge in [0.25, 0.3) is 5.69 Å². The maximum atomic E-state index is 13.0.